The van der Waals surface area contributed by atoms with Crippen LogP contribution in [-0.4, -0.2) is 31.2 Å². The van der Waals surface area contributed by atoms with Crippen molar-refractivity contribution in [3.05, 3.63) is 283 Å². The van der Waals surface area contributed by atoms with Gasteiger partial charge < -0.3 is 0 Å². The van der Waals surface area contributed by atoms with Crippen molar-refractivity contribution in [1.29, 1.82) is 0 Å². The molecule has 0 unspecified atom stereocenters. The van der Waals surface area contributed by atoms with Crippen molar-refractivity contribution in [2.24, 2.45) is 0 Å². The Bertz CT molecular complexity index is 3030. The number of ketones is 2. The second-order valence-corrected chi connectivity index (χ2v) is 27.0. The normalized spacial score (nSPS) is 13.1. The Hall–Kier alpha value is -7.60. The minimum absolute atomic E-state index is 0.0373. The Morgan fingerprint density at radius 2 is 0.618 bits per heavy atom. The number of carbonyl (C=O) groups excluding carboxylic acids is 2. The van der Waals surface area contributed by atoms with Gasteiger partial charge in [-0.15, -0.1) is 0 Å². The molecule has 0 saturated heterocycles. The van der Waals surface area contributed by atoms with E-state index in [1.54, 1.807) is 182 Å². The van der Waals surface area contributed by atoms with Crippen LogP contribution in [0.5, 0.6) is 5.75 Å². The maximum absolute atomic E-state index is 15.5. The van der Waals surface area contributed by atoms with E-state index in [1.807, 2.05) is 0 Å². The van der Waals surface area contributed by atoms with Crippen LogP contribution in [0.15, 0.2) is 249 Å². The van der Waals surface area contributed by atoms with Crippen LogP contribution >= 0.6 is 13.7 Å². The van der Waals surface area contributed by atoms with Crippen LogP contribution in [0, 0.1) is 11.6 Å². The first-order valence-corrected chi connectivity index (χ1v) is 28.4. The van der Waals surface area contributed by atoms with Crippen molar-refractivity contribution >= 4 is 64.4 Å². The Kier molecular flexibility index (Phi) is 14.9. The molecule has 76 heavy (non-hydrogen) atoms. The third kappa shape index (κ3) is 10.0. The van der Waals surface area contributed by atoms with Crippen molar-refractivity contribution in [3.8, 4) is 5.75 Å². The Balaban J connectivity index is 1.47. The van der Waals surface area contributed by atoms with Gasteiger partial charge in [0.15, 0.2) is 0 Å². The fourth-order valence-corrected chi connectivity index (χ4v) is 20.9. The van der Waals surface area contributed by atoms with E-state index in [9.17, 15) is 35.1 Å². The van der Waals surface area contributed by atoms with Gasteiger partial charge in [-0.3, -0.25) is 0 Å². The van der Waals surface area contributed by atoms with Crippen molar-refractivity contribution < 1.29 is 58.2 Å². The number of Topliss-reactive ketones (excluding diaryl/α,β-unsaturated/α-hetero) is 2. The molecule has 16 heteroatoms. The number of benzene rings is 9. The summed E-state index contributed by atoms with van der Waals surface area (Å²) in [6, 6.07) is 61.3. The first-order chi connectivity index (χ1) is 36.4. The molecule has 9 aromatic rings. The van der Waals surface area contributed by atoms with Crippen LogP contribution in [0.1, 0.15) is 31.8 Å². The Morgan fingerprint density at radius 3 is 0.855 bits per heavy atom. The van der Waals surface area contributed by atoms with Gasteiger partial charge >= 0.3 is 436 Å². The summed E-state index contributed by atoms with van der Waals surface area (Å²) in [5.41, 5.74) is -3.36. The number of rotatable bonds is 18. The van der Waals surface area contributed by atoms with E-state index >= 15 is 9.59 Å². The predicted molar refractivity (Wildman–Crippen MR) is 286 cm³/mol. The standard InChI is InChI=1S/C60H45BF8O5P2/c62-48-35-31-44(32-36-48)57(70)42-75(51-19-7-1-8-20-51,52-21-9-2-10-22-52,53-23-11-3-12-24-53)73-61(72-50-40-46(59(64,65)66)39-47(41-50)60(67,68)69)74-76(54-25-13-4-14-26-54,55-27-15-5-16-28-55,56-29-17-6-18-30-56)43-58(71)45-33-37-49(63)38-34-45/h1-41H,42-43H2. The van der Waals surface area contributed by atoms with Gasteiger partial charge in [-0.2, -0.15) is 0 Å². The Labute approximate surface area is 434 Å². The second-order valence-electron chi connectivity index (χ2n) is 18.0. The third-order valence-corrected chi connectivity index (χ3v) is 24.9. The second kappa shape index (κ2) is 21.2. The number of hydrogen-bond acceptors (Lipinski definition) is 5. The van der Waals surface area contributed by atoms with E-state index in [-0.39, 0.29) is 17.2 Å². The van der Waals surface area contributed by atoms with Gasteiger partial charge in [0.2, 0.25) is 0 Å². The van der Waals surface area contributed by atoms with E-state index in [0.29, 0.717) is 44.0 Å². The van der Waals surface area contributed by atoms with Gasteiger partial charge in [0.05, 0.1) is 0 Å². The van der Waals surface area contributed by atoms with Crippen molar-refractivity contribution in [2.75, 3.05) is 12.3 Å². The number of hydrogen-bond donors (Lipinski definition) is 0. The summed E-state index contributed by atoms with van der Waals surface area (Å²) < 4.78 is 141. The summed E-state index contributed by atoms with van der Waals surface area (Å²) in [7, 11) is -2.48. The zero-order valence-corrected chi connectivity index (χ0v) is 41.9. The molecule has 0 radical (unpaired) electrons. The van der Waals surface area contributed by atoms with Crippen molar-refractivity contribution in [1.82, 2.24) is 0 Å². The number of halogens is 8. The van der Waals surface area contributed by atoms with Gasteiger partial charge in [-0.05, 0) is 0 Å². The van der Waals surface area contributed by atoms with Crippen LogP contribution in [-0.2, 0) is 21.2 Å². The first-order valence-electron chi connectivity index (χ1n) is 23.7. The average molecular weight is 1070 g/mol. The monoisotopic (exact) mass is 1070 g/mol. The molecule has 5 nitrogen and oxygen atoms in total. The van der Waals surface area contributed by atoms with Crippen molar-refractivity contribution in [3.63, 3.8) is 0 Å². The van der Waals surface area contributed by atoms with E-state index in [2.05, 4.69) is 0 Å². The summed E-state index contributed by atoms with van der Waals surface area (Å²) in [5.74, 6) is -3.48. The Morgan fingerprint density at radius 1 is 0.368 bits per heavy atom. The molecule has 0 saturated carbocycles. The fourth-order valence-electron chi connectivity index (χ4n) is 9.89. The summed E-state index contributed by atoms with van der Waals surface area (Å²) in [4.78, 5) is 31.0. The molecule has 0 heterocycles. The van der Waals surface area contributed by atoms with Crippen LogP contribution in [0.2, 0.25) is 0 Å². The van der Waals surface area contributed by atoms with Gasteiger partial charge in [-0.1, -0.05) is 0 Å². The van der Waals surface area contributed by atoms with Gasteiger partial charge in [0.25, 0.3) is 0 Å². The van der Waals surface area contributed by atoms with Gasteiger partial charge in [0.1, 0.15) is 0 Å². The quantitative estimate of drug-likeness (QED) is 0.0371. The topological polar surface area (TPSA) is 61.8 Å². The molecule has 9 rings (SSSR count). The third-order valence-electron chi connectivity index (χ3n) is 13.5. The van der Waals surface area contributed by atoms with Crippen LogP contribution in [0.3, 0.4) is 0 Å². The molecule has 0 atom stereocenters. The maximum atomic E-state index is 15.5. The summed E-state index contributed by atoms with van der Waals surface area (Å²) in [6.45, 7) is -10.8. The van der Waals surface area contributed by atoms with E-state index < -0.39 is 85.7 Å². The molecular formula is C60H45BF8O5P2. The molecule has 384 valence electrons. The molecule has 0 aliphatic rings. The SMILES string of the molecule is O=C(CP(OB(Oc1cc(C(F)(F)F)cc(C(F)(F)F)c1)OP(CC(=O)c1ccc(F)cc1)(c1ccccc1)(c1ccccc1)c1ccccc1)(c1ccccc1)(c1ccccc1)c1ccccc1)c1ccc(F)cc1. The molecule has 0 aliphatic carbocycles. The predicted octanol–water partition coefficient (Wildman–Crippen LogP) is 13.1. The van der Waals surface area contributed by atoms with Crippen LogP contribution < -0.4 is 36.5 Å². The molecule has 9 aromatic carbocycles. The van der Waals surface area contributed by atoms with Crippen LogP contribution in [0.25, 0.3) is 0 Å². The molecule has 0 amide bonds. The molecule has 0 fully saturated rings. The first kappa shape index (κ1) is 53.2. The van der Waals surface area contributed by atoms with Gasteiger partial charge in [0, 0.05) is 0 Å². The van der Waals surface area contributed by atoms with E-state index in [4.69, 9.17) is 13.5 Å². The van der Waals surface area contributed by atoms with E-state index in [0.717, 1.165) is 24.3 Å². The summed E-state index contributed by atoms with van der Waals surface area (Å²) in [5, 5.41) is 2.00. The fraction of sp³-hybridized carbons (Fsp3) is 0.0667. The summed E-state index contributed by atoms with van der Waals surface area (Å²) >= 11 is 0. The average Bonchev–Trinajstić information content (AvgIpc) is 3.55. The molecule has 0 aromatic heterocycles. The minimum atomic E-state index is -5.40. The van der Waals surface area contributed by atoms with Crippen LogP contribution in [0.4, 0.5) is 35.1 Å². The van der Waals surface area contributed by atoms with E-state index in [1.165, 1.54) is 24.3 Å². The number of carbonyl (C=O) groups is 2. The molecule has 0 spiro atoms. The zero-order chi connectivity index (χ0) is 53.7. The zero-order valence-electron chi connectivity index (χ0n) is 40.1. The van der Waals surface area contributed by atoms with Gasteiger partial charge in [-0.25, -0.2) is 0 Å². The molecule has 0 bridgehead atoms. The number of alkyl halides is 6. The molecular weight excluding hydrogens is 1030 g/mol. The van der Waals surface area contributed by atoms with Crippen molar-refractivity contribution in [2.45, 2.75) is 12.4 Å². The molecule has 0 N–H and O–H groups in total. The molecule has 0 aliphatic heterocycles. The summed E-state index contributed by atoms with van der Waals surface area (Å²) in [6.07, 6.45) is -11.9.